The quantitative estimate of drug-likeness (QED) is 0.625. The van der Waals surface area contributed by atoms with E-state index in [0.29, 0.717) is 13.2 Å². The van der Waals surface area contributed by atoms with Crippen LogP contribution in [-0.2, 0) is 11.3 Å². The smallest absolute Gasteiger partial charge is 0.247 e. The highest BCUT2D eigenvalue weighted by Crippen LogP contribution is 2.17. The van der Waals surface area contributed by atoms with Crippen LogP contribution in [0.15, 0.2) is 24.3 Å². The molecule has 94 valence electrons. The van der Waals surface area contributed by atoms with E-state index < -0.39 is 12.0 Å². The number of carbonyl (C=O) groups excluding carboxylic acids is 1. The van der Waals surface area contributed by atoms with Crippen molar-refractivity contribution in [1.29, 1.82) is 0 Å². The van der Waals surface area contributed by atoms with Gasteiger partial charge in [0.2, 0.25) is 5.91 Å². The molecule has 0 saturated carbocycles. The van der Waals surface area contributed by atoms with Crippen LogP contribution in [0.5, 0.6) is 5.75 Å². The van der Waals surface area contributed by atoms with Gasteiger partial charge in [-0.3, -0.25) is 4.79 Å². The fourth-order valence-corrected chi connectivity index (χ4v) is 1.39. The van der Waals surface area contributed by atoms with Crippen molar-refractivity contribution in [2.24, 2.45) is 5.73 Å². The molecule has 0 aliphatic heterocycles. The fraction of sp³-hybridized carbons (Fsp3) is 0.417. The first kappa shape index (κ1) is 13.5. The summed E-state index contributed by atoms with van der Waals surface area (Å²) in [5, 5.41) is 12.2. The molecule has 4 N–H and O–H groups in total. The van der Waals surface area contributed by atoms with Gasteiger partial charge in [0, 0.05) is 18.7 Å². The van der Waals surface area contributed by atoms with Gasteiger partial charge in [-0.2, -0.15) is 0 Å². The van der Waals surface area contributed by atoms with Crippen molar-refractivity contribution >= 4 is 5.91 Å². The molecule has 1 amide bonds. The number of nitrogens with two attached hydrogens (primary N) is 1. The van der Waals surface area contributed by atoms with Gasteiger partial charge in [0.15, 0.2) is 0 Å². The van der Waals surface area contributed by atoms with Crippen molar-refractivity contribution < 1.29 is 14.6 Å². The van der Waals surface area contributed by atoms with Gasteiger partial charge >= 0.3 is 0 Å². The zero-order valence-electron chi connectivity index (χ0n) is 9.85. The molecular weight excluding hydrogens is 220 g/mol. The topological polar surface area (TPSA) is 84.6 Å². The summed E-state index contributed by atoms with van der Waals surface area (Å²) in [6.07, 6.45) is -1.16. The molecule has 5 heteroatoms. The summed E-state index contributed by atoms with van der Waals surface area (Å²) in [4.78, 5) is 10.6. The molecule has 1 aromatic carbocycles. The molecule has 0 radical (unpaired) electrons. The van der Waals surface area contributed by atoms with Crippen LogP contribution < -0.4 is 15.8 Å². The van der Waals surface area contributed by atoms with Gasteiger partial charge in [0.25, 0.3) is 0 Å². The minimum Gasteiger partial charge on any atom is -0.494 e. The molecule has 0 bridgehead atoms. The minimum absolute atomic E-state index is 0.135. The van der Waals surface area contributed by atoms with Gasteiger partial charge in [-0.25, -0.2) is 0 Å². The lowest BCUT2D eigenvalue weighted by molar-refractivity contribution is -0.125. The van der Waals surface area contributed by atoms with E-state index in [2.05, 4.69) is 5.32 Å². The van der Waals surface area contributed by atoms with Gasteiger partial charge in [-0.05, 0) is 13.0 Å². The maximum absolute atomic E-state index is 10.6. The number of benzene rings is 1. The van der Waals surface area contributed by atoms with Gasteiger partial charge in [-0.1, -0.05) is 18.2 Å². The van der Waals surface area contributed by atoms with E-state index in [1.165, 1.54) is 0 Å². The Labute approximate surface area is 101 Å². The van der Waals surface area contributed by atoms with Gasteiger partial charge < -0.3 is 20.9 Å². The maximum atomic E-state index is 10.6. The number of carbonyl (C=O) groups is 1. The van der Waals surface area contributed by atoms with Crippen molar-refractivity contribution in [3.8, 4) is 5.75 Å². The molecule has 1 rings (SSSR count). The number of nitrogens with one attached hydrogen (secondary N) is 1. The zero-order valence-corrected chi connectivity index (χ0v) is 9.85. The monoisotopic (exact) mass is 238 g/mol. The second-order valence-electron chi connectivity index (χ2n) is 3.59. The van der Waals surface area contributed by atoms with E-state index in [9.17, 15) is 9.90 Å². The molecule has 17 heavy (non-hydrogen) atoms. The summed E-state index contributed by atoms with van der Waals surface area (Å²) in [5.41, 5.74) is 5.92. The molecule has 0 aromatic heterocycles. The number of hydrogen-bond acceptors (Lipinski definition) is 4. The van der Waals surface area contributed by atoms with Crippen LogP contribution in [0, 0.1) is 0 Å². The van der Waals surface area contributed by atoms with Crippen molar-refractivity contribution in [2.45, 2.75) is 19.6 Å². The zero-order chi connectivity index (χ0) is 12.7. The lowest BCUT2D eigenvalue weighted by atomic mass is 10.2. The van der Waals surface area contributed by atoms with Gasteiger partial charge in [0.05, 0.1) is 6.61 Å². The molecule has 0 heterocycles. The molecule has 1 unspecified atom stereocenters. The first-order valence-electron chi connectivity index (χ1n) is 5.54. The summed E-state index contributed by atoms with van der Waals surface area (Å²) in [6, 6.07) is 7.61. The first-order valence-corrected chi connectivity index (χ1v) is 5.54. The Morgan fingerprint density at radius 2 is 2.24 bits per heavy atom. The minimum atomic E-state index is -1.16. The highest BCUT2D eigenvalue weighted by atomic mass is 16.5. The molecule has 0 aliphatic rings. The Hall–Kier alpha value is -1.59. The summed E-state index contributed by atoms with van der Waals surface area (Å²) in [5.74, 6) is 0.0756. The molecule has 0 saturated heterocycles. The number of ether oxygens (including phenoxy) is 1. The summed E-state index contributed by atoms with van der Waals surface area (Å²) in [6.45, 7) is 3.16. The highest BCUT2D eigenvalue weighted by molar-refractivity contribution is 5.78. The van der Waals surface area contributed by atoms with Gasteiger partial charge in [-0.15, -0.1) is 0 Å². The van der Waals surface area contributed by atoms with Crippen LogP contribution in [0.4, 0.5) is 0 Å². The van der Waals surface area contributed by atoms with Crippen molar-refractivity contribution in [3.63, 3.8) is 0 Å². The van der Waals surface area contributed by atoms with Crippen LogP contribution in [0.3, 0.4) is 0 Å². The normalized spacial score (nSPS) is 12.1. The SMILES string of the molecule is CCOc1ccccc1CNCC(O)C(N)=O. The Balaban J connectivity index is 2.48. The number of hydrogen-bond donors (Lipinski definition) is 3. The number of aliphatic hydroxyl groups is 1. The predicted molar refractivity (Wildman–Crippen MR) is 64.5 cm³/mol. The van der Waals surface area contributed by atoms with E-state index in [1.807, 2.05) is 31.2 Å². The maximum Gasteiger partial charge on any atom is 0.247 e. The standard InChI is InChI=1S/C12H18N2O3/c1-2-17-11-6-4-3-5-9(11)7-14-8-10(15)12(13)16/h3-6,10,14-15H,2,7-8H2,1H3,(H2,13,16). The molecule has 0 fully saturated rings. The second kappa shape index (κ2) is 6.88. The molecule has 1 atom stereocenters. The third kappa shape index (κ3) is 4.42. The number of amides is 1. The average Bonchev–Trinajstić information content (AvgIpc) is 2.31. The van der Waals surface area contributed by atoms with Crippen LogP contribution in [0.2, 0.25) is 0 Å². The molecular formula is C12H18N2O3. The lowest BCUT2D eigenvalue weighted by Gasteiger charge is -2.12. The number of rotatable bonds is 7. The van der Waals surface area contributed by atoms with Crippen molar-refractivity contribution in [2.75, 3.05) is 13.2 Å². The van der Waals surface area contributed by atoms with E-state index in [1.54, 1.807) is 0 Å². The van der Waals surface area contributed by atoms with E-state index >= 15 is 0 Å². The summed E-state index contributed by atoms with van der Waals surface area (Å²) in [7, 11) is 0. The Kier molecular flexibility index (Phi) is 5.45. The van der Waals surface area contributed by atoms with Crippen molar-refractivity contribution in [1.82, 2.24) is 5.32 Å². The number of para-hydroxylation sites is 1. The molecule has 0 aliphatic carbocycles. The Morgan fingerprint density at radius 1 is 1.53 bits per heavy atom. The molecule has 0 spiro atoms. The largest absolute Gasteiger partial charge is 0.494 e. The molecule has 5 nitrogen and oxygen atoms in total. The van der Waals surface area contributed by atoms with E-state index in [-0.39, 0.29) is 6.54 Å². The van der Waals surface area contributed by atoms with Crippen molar-refractivity contribution in [3.05, 3.63) is 29.8 Å². The van der Waals surface area contributed by atoms with Crippen LogP contribution in [0.25, 0.3) is 0 Å². The molecule has 1 aromatic rings. The Morgan fingerprint density at radius 3 is 2.88 bits per heavy atom. The third-order valence-electron chi connectivity index (χ3n) is 2.25. The van der Waals surface area contributed by atoms with Crippen LogP contribution in [0.1, 0.15) is 12.5 Å². The van der Waals surface area contributed by atoms with Gasteiger partial charge in [0.1, 0.15) is 11.9 Å². The summed E-state index contributed by atoms with van der Waals surface area (Å²) < 4.78 is 5.45. The number of aliphatic hydroxyl groups excluding tert-OH is 1. The van der Waals surface area contributed by atoms with E-state index in [0.717, 1.165) is 11.3 Å². The highest BCUT2D eigenvalue weighted by Gasteiger charge is 2.10. The predicted octanol–water partition coefficient (Wildman–Crippen LogP) is 0.0211. The number of primary amides is 1. The fourth-order valence-electron chi connectivity index (χ4n) is 1.39. The van der Waals surface area contributed by atoms with Crippen LogP contribution >= 0.6 is 0 Å². The Bertz CT molecular complexity index is 369. The first-order chi connectivity index (χ1) is 8.15. The third-order valence-corrected chi connectivity index (χ3v) is 2.25. The second-order valence-corrected chi connectivity index (χ2v) is 3.59. The van der Waals surface area contributed by atoms with Crippen LogP contribution in [-0.4, -0.2) is 30.3 Å². The summed E-state index contributed by atoms with van der Waals surface area (Å²) >= 11 is 0. The lowest BCUT2D eigenvalue weighted by Crippen LogP contribution is -2.37. The average molecular weight is 238 g/mol. The van der Waals surface area contributed by atoms with E-state index in [4.69, 9.17) is 10.5 Å².